The van der Waals surface area contributed by atoms with E-state index in [1.54, 1.807) is 32.0 Å². The van der Waals surface area contributed by atoms with Crippen molar-refractivity contribution in [1.82, 2.24) is 0 Å². The highest BCUT2D eigenvalue weighted by atomic mass is 16.5. The minimum absolute atomic E-state index is 0.413. The van der Waals surface area contributed by atoms with Gasteiger partial charge in [-0.25, -0.2) is 4.79 Å². The van der Waals surface area contributed by atoms with Gasteiger partial charge in [0.25, 0.3) is 0 Å². The van der Waals surface area contributed by atoms with Gasteiger partial charge in [0.05, 0.1) is 22.9 Å². The lowest BCUT2D eigenvalue weighted by atomic mass is 10.0. The zero-order chi connectivity index (χ0) is 13.9. The van der Waals surface area contributed by atoms with E-state index in [4.69, 9.17) is 8.85 Å². The molecular formula is C12H16O3. The lowest BCUT2D eigenvalue weighted by molar-refractivity contribution is 0.0599. The molecule has 0 unspecified atom stereocenters. The quantitative estimate of drug-likeness (QED) is 0.720. The van der Waals surface area contributed by atoms with Crippen LogP contribution in [0, 0.1) is 6.92 Å². The van der Waals surface area contributed by atoms with Crippen LogP contribution in [0.15, 0.2) is 18.2 Å². The fourth-order valence-corrected chi connectivity index (χ4v) is 1.35. The van der Waals surface area contributed by atoms with Crippen molar-refractivity contribution in [2.45, 2.75) is 20.0 Å². The van der Waals surface area contributed by atoms with Gasteiger partial charge in [-0.05, 0) is 31.0 Å². The van der Waals surface area contributed by atoms with E-state index in [0.717, 1.165) is 5.56 Å². The highest BCUT2D eigenvalue weighted by Crippen LogP contribution is 2.19. The van der Waals surface area contributed by atoms with Crippen LogP contribution >= 0.6 is 0 Å². The Morgan fingerprint density at radius 1 is 1.53 bits per heavy atom. The first-order valence-electron chi connectivity index (χ1n) is 6.11. The number of benzene rings is 1. The molecular weight excluding hydrogens is 192 g/mol. The van der Waals surface area contributed by atoms with Crippen LogP contribution in [0.25, 0.3) is 0 Å². The average molecular weight is 211 g/mol. The fourth-order valence-electron chi connectivity index (χ4n) is 1.35. The van der Waals surface area contributed by atoms with Crippen molar-refractivity contribution in [3.8, 4) is 0 Å². The molecule has 0 amide bonds. The maximum Gasteiger partial charge on any atom is 0.338 e. The fraction of sp³-hybridized carbons (Fsp3) is 0.417. The molecule has 0 N–H and O–H groups in total. The van der Waals surface area contributed by atoms with E-state index in [1.165, 1.54) is 7.11 Å². The Balaban J connectivity index is 2.94. The van der Waals surface area contributed by atoms with Gasteiger partial charge in [-0.2, -0.15) is 0 Å². The van der Waals surface area contributed by atoms with Gasteiger partial charge in [0.1, 0.15) is 0 Å². The molecule has 0 spiro atoms. The first kappa shape index (κ1) is 7.88. The second kappa shape index (κ2) is 4.94. The van der Waals surface area contributed by atoms with Crippen LogP contribution in [-0.2, 0) is 9.47 Å². The van der Waals surface area contributed by atoms with Crippen LogP contribution in [0.5, 0.6) is 0 Å². The summed E-state index contributed by atoms with van der Waals surface area (Å²) in [6.45, 7) is 3.41. The van der Waals surface area contributed by atoms with Crippen molar-refractivity contribution in [2.24, 2.45) is 0 Å². The summed E-state index contributed by atoms with van der Waals surface area (Å²) in [6, 6.07) is 4.99. The summed E-state index contributed by atoms with van der Waals surface area (Å²) < 4.78 is 30.7. The Bertz CT molecular complexity index is 441. The van der Waals surface area contributed by atoms with E-state index in [1.807, 2.05) is 0 Å². The summed E-state index contributed by atoms with van der Waals surface area (Å²) in [7, 11) is -1.12. The standard InChI is InChI=1S/C12H16O3/c1-8-7-10(9(2)14-3)5-6-11(8)12(13)15-4/h5-7,9H,1-4H3/t9-/m0/s1/i3D3. The van der Waals surface area contributed by atoms with E-state index in [0.29, 0.717) is 11.1 Å². The van der Waals surface area contributed by atoms with E-state index in [2.05, 4.69) is 4.74 Å². The van der Waals surface area contributed by atoms with Crippen molar-refractivity contribution in [3.63, 3.8) is 0 Å². The van der Waals surface area contributed by atoms with Gasteiger partial charge < -0.3 is 9.47 Å². The Labute approximate surface area is 94.2 Å². The molecule has 0 radical (unpaired) electrons. The molecule has 1 aromatic rings. The number of carbonyl (C=O) groups is 1. The number of hydrogen-bond acceptors (Lipinski definition) is 3. The number of ether oxygens (including phenoxy) is 2. The highest BCUT2D eigenvalue weighted by Gasteiger charge is 2.11. The third kappa shape index (κ3) is 2.57. The Hall–Kier alpha value is -1.35. The smallest absolute Gasteiger partial charge is 0.338 e. The summed E-state index contributed by atoms with van der Waals surface area (Å²) in [5.41, 5.74) is 1.89. The molecule has 1 atom stereocenters. The second-order valence-electron chi connectivity index (χ2n) is 3.33. The third-order valence-corrected chi connectivity index (χ3v) is 2.30. The molecule has 1 aromatic carbocycles. The van der Waals surface area contributed by atoms with Crippen LogP contribution in [-0.4, -0.2) is 20.1 Å². The molecule has 3 heteroatoms. The predicted octanol–water partition coefficient (Wildman–Crippen LogP) is 2.49. The maximum atomic E-state index is 11.4. The summed E-state index contributed by atoms with van der Waals surface area (Å²) in [6.07, 6.45) is -0.567. The molecule has 0 heterocycles. The number of methoxy groups -OCH3 is 2. The largest absolute Gasteiger partial charge is 0.465 e. The van der Waals surface area contributed by atoms with Crippen LogP contribution in [0.2, 0.25) is 0 Å². The van der Waals surface area contributed by atoms with Gasteiger partial charge in [-0.1, -0.05) is 12.1 Å². The first-order valence-corrected chi connectivity index (χ1v) is 4.61. The van der Waals surface area contributed by atoms with Crippen molar-refractivity contribution in [1.29, 1.82) is 0 Å². The molecule has 0 aliphatic rings. The SMILES string of the molecule is [2H]C([2H])([2H])O[C@@H](C)c1ccc(C(=O)OC)c(C)c1. The summed E-state index contributed by atoms with van der Waals surface area (Å²) in [4.78, 5) is 11.4. The number of rotatable bonds is 3. The van der Waals surface area contributed by atoms with Gasteiger partial charge in [-0.3, -0.25) is 0 Å². The molecule has 0 aliphatic heterocycles. The van der Waals surface area contributed by atoms with Crippen molar-refractivity contribution in [2.75, 3.05) is 14.1 Å². The van der Waals surface area contributed by atoms with E-state index >= 15 is 0 Å². The molecule has 1 rings (SSSR count). The first-order chi connectivity index (χ1) is 8.24. The molecule has 0 fully saturated rings. The van der Waals surface area contributed by atoms with Crippen molar-refractivity contribution in [3.05, 3.63) is 34.9 Å². The molecule has 0 aromatic heterocycles. The highest BCUT2D eigenvalue weighted by molar-refractivity contribution is 5.90. The number of hydrogen-bond donors (Lipinski definition) is 0. The summed E-state index contributed by atoms with van der Waals surface area (Å²) in [5.74, 6) is -0.413. The summed E-state index contributed by atoms with van der Waals surface area (Å²) in [5, 5.41) is 0. The van der Waals surface area contributed by atoms with E-state index in [-0.39, 0.29) is 0 Å². The molecule has 0 bridgehead atoms. The monoisotopic (exact) mass is 211 g/mol. The zero-order valence-corrected chi connectivity index (χ0v) is 9.03. The molecule has 0 aliphatic carbocycles. The van der Waals surface area contributed by atoms with Crippen LogP contribution in [0.4, 0.5) is 0 Å². The number of aryl methyl sites for hydroxylation is 1. The molecule has 0 saturated heterocycles. The van der Waals surface area contributed by atoms with Crippen LogP contribution in [0.3, 0.4) is 0 Å². The van der Waals surface area contributed by atoms with Crippen molar-refractivity contribution < 1.29 is 18.4 Å². The minimum Gasteiger partial charge on any atom is -0.465 e. The van der Waals surface area contributed by atoms with Crippen LogP contribution in [0.1, 0.15) is 38.6 Å². The zero-order valence-electron chi connectivity index (χ0n) is 12.0. The van der Waals surface area contributed by atoms with Gasteiger partial charge in [0.2, 0.25) is 0 Å². The van der Waals surface area contributed by atoms with E-state index < -0.39 is 19.1 Å². The topological polar surface area (TPSA) is 35.5 Å². The minimum atomic E-state index is -2.44. The lowest BCUT2D eigenvalue weighted by Gasteiger charge is -2.12. The average Bonchev–Trinajstić information content (AvgIpc) is 2.25. The normalized spacial score (nSPS) is 16.1. The maximum absolute atomic E-state index is 11.4. The van der Waals surface area contributed by atoms with Gasteiger partial charge >= 0.3 is 5.97 Å². The predicted molar refractivity (Wildman–Crippen MR) is 57.9 cm³/mol. The third-order valence-electron chi connectivity index (χ3n) is 2.30. The van der Waals surface area contributed by atoms with E-state index in [9.17, 15) is 4.79 Å². The number of esters is 1. The van der Waals surface area contributed by atoms with Gasteiger partial charge in [0, 0.05) is 7.04 Å². The molecule has 82 valence electrons. The summed E-state index contributed by atoms with van der Waals surface area (Å²) >= 11 is 0. The molecule has 3 nitrogen and oxygen atoms in total. The lowest BCUT2D eigenvalue weighted by Crippen LogP contribution is -2.05. The van der Waals surface area contributed by atoms with Gasteiger partial charge in [-0.15, -0.1) is 0 Å². The van der Waals surface area contributed by atoms with Crippen molar-refractivity contribution >= 4 is 5.97 Å². The number of carbonyl (C=O) groups excluding carboxylic acids is 1. The Morgan fingerprint density at radius 3 is 2.80 bits per heavy atom. The molecule has 15 heavy (non-hydrogen) atoms. The second-order valence-corrected chi connectivity index (χ2v) is 3.33. The van der Waals surface area contributed by atoms with Crippen LogP contribution < -0.4 is 0 Å². The Morgan fingerprint density at radius 2 is 2.27 bits per heavy atom. The van der Waals surface area contributed by atoms with Gasteiger partial charge in [0.15, 0.2) is 0 Å². The molecule has 0 saturated carbocycles. The Kier molecular flexibility index (Phi) is 2.59.